The average Bonchev–Trinajstić information content (AvgIpc) is 2.69. The van der Waals surface area contributed by atoms with Crippen molar-refractivity contribution in [3.63, 3.8) is 0 Å². The smallest absolute Gasteiger partial charge is 0.141 e. The van der Waals surface area contributed by atoms with Crippen molar-refractivity contribution in [2.45, 2.75) is 26.3 Å². The number of anilines is 1. The van der Waals surface area contributed by atoms with E-state index in [0.717, 1.165) is 23.4 Å². The van der Waals surface area contributed by atoms with Crippen LogP contribution in [0.4, 0.5) is 10.1 Å². The second-order valence-corrected chi connectivity index (χ2v) is 4.32. The zero-order chi connectivity index (χ0) is 13.1. The SMILES string of the molecule is CCc1nn(C)cc1NC(C)c1cncc(F)c1. The van der Waals surface area contributed by atoms with Gasteiger partial charge < -0.3 is 5.32 Å². The van der Waals surface area contributed by atoms with Crippen molar-refractivity contribution in [2.75, 3.05) is 5.32 Å². The van der Waals surface area contributed by atoms with Crippen LogP contribution in [0.5, 0.6) is 0 Å². The molecule has 0 aliphatic rings. The molecular weight excluding hydrogens is 231 g/mol. The molecular formula is C13H17FN4. The Morgan fingerprint density at radius 1 is 1.44 bits per heavy atom. The molecule has 0 aliphatic carbocycles. The molecule has 0 radical (unpaired) electrons. The lowest BCUT2D eigenvalue weighted by molar-refractivity contribution is 0.616. The van der Waals surface area contributed by atoms with E-state index in [1.807, 2.05) is 20.2 Å². The molecule has 96 valence electrons. The average molecular weight is 248 g/mol. The molecule has 0 spiro atoms. The van der Waals surface area contributed by atoms with Gasteiger partial charge in [0.15, 0.2) is 0 Å². The maximum atomic E-state index is 13.1. The van der Waals surface area contributed by atoms with Crippen LogP contribution in [-0.2, 0) is 13.5 Å². The molecule has 0 saturated heterocycles. The first-order chi connectivity index (χ1) is 8.60. The van der Waals surface area contributed by atoms with Gasteiger partial charge in [0.05, 0.1) is 23.6 Å². The number of aromatic nitrogens is 3. The summed E-state index contributed by atoms with van der Waals surface area (Å²) >= 11 is 0. The Balaban J connectivity index is 2.18. The van der Waals surface area contributed by atoms with E-state index >= 15 is 0 Å². The molecule has 2 heterocycles. The summed E-state index contributed by atoms with van der Waals surface area (Å²) in [5.41, 5.74) is 2.81. The Hall–Kier alpha value is -1.91. The first kappa shape index (κ1) is 12.5. The van der Waals surface area contributed by atoms with Crippen LogP contribution < -0.4 is 5.32 Å². The van der Waals surface area contributed by atoms with E-state index < -0.39 is 0 Å². The van der Waals surface area contributed by atoms with Gasteiger partial charge in [-0.3, -0.25) is 9.67 Å². The Kier molecular flexibility index (Phi) is 3.60. The van der Waals surface area contributed by atoms with E-state index in [9.17, 15) is 4.39 Å². The van der Waals surface area contributed by atoms with E-state index in [1.165, 1.54) is 12.3 Å². The molecule has 1 unspecified atom stereocenters. The standard InChI is InChI=1S/C13H17FN4/c1-4-12-13(8-18(3)17-12)16-9(2)10-5-11(14)7-15-6-10/h5-9,16H,4H2,1-3H3. The molecule has 2 aromatic heterocycles. The molecule has 0 aliphatic heterocycles. The van der Waals surface area contributed by atoms with Crippen molar-refractivity contribution in [3.8, 4) is 0 Å². The van der Waals surface area contributed by atoms with Crippen LogP contribution >= 0.6 is 0 Å². The summed E-state index contributed by atoms with van der Waals surface area (Å²) in [5, 5.41) is 7.69. The number of halogens is 1. The molecule has 0 bridgehead atoms. The molecule has 2 rings (SSSR count). The third kappa shape index (κ3) is 2.67. The third-order valence-electron chi connectivity index (χ3n) is 2.84. The molecule has 0 saturated carbocycles. The highest BCUT2D eigenvalue weighted by molar-refractivity contribution is 5.48. The number of hydrogen-bond acceptors (Lipinski definition) is 3. The fraction of sp³-hybridized carbons (Fsp3) is 0.385. The molecule has 1 N–H and O–H groups in total. The number of nitrogens with one attached hydrogen (secondary N) is 1. The van der Waals surface area contributed by atoms with E-state index in [-0.39, 0.29) is 11.9 Å². The lowest BCUT2D eigenvalue weighted by Crippen LogP contribution is -2.08. The number of hydrogen-bond donors (Lipinski definition) is 1. The monoisotopic (exact) mass is 248 g/mol. The summed E-state index contributed by atoms with van der Waals surface area (Å²) in [6.45, 7) is 4.03. The zero-order valence-electron chi connectivity index (χ0n) is 10.8. The Bertz CT molecular complexity index is 536. The summed E-state index contributed by atoms with van der Waals surface area (Å²) in [6.07, 6.45) is 5.67. The normalized spacial score (nSPS) is 12.4. The van der Waals surface area contributed by atoms with Crippen LogP contribution in [0.25, 0.3) is 0 Å². The van der Waals surface area contributed by atoms with Crippen LogP contribution in [0.2, 0.25) is 0 Å². The summed E-state index contributed by atoms with van der Waals surface area (Å²) in [6, 6.07) is 1.48. The van der Waals surface area contributed by atoms with Crippen molar-refractivity contribution in [2.24, 2.45) is 7.05 Å². The first-order valence-corrected chi connectivity index (χ1v) is 5.99. The van der Waals surface area contributed by atoms with Crippen LogP contribution in [0.15, 0.2) is 24.7 Å². The Morgan fingerprint density at radius 2 is 2.22 bits per heavy atom. The lowest BCUT2D eigenvalue weighted by Gasteiger charge is -2.14. The van der Waals surface area contributed by atoms with Crippen molar-refractivity contribution in [3.05, 3.63) is 41.7 Å². The molecule has 5 heteroatoms. The van der Waals surface area contributed by atoms with Gasteiger partial charge in [0.1, 0.15) is 5.82 Å². The summed E-state index contributed by atoms with van der Waals surface area (Å²) < 4.78 is 14.9. The summed E-state index contributed by atoms with van der Waals surface area (Å²) in [5.74, 6) is -0.317. The van der Waals surface area contributed by atoms with Gasteiger partial charge in [-0.15, -0.1) is 0 Å². The molecule has 0 fully saturated rings. The van der Waals surface area contributed by atoms with Crippen LogP contribution in [0.3, 0.4) is 0 Å². The Labute approximate surface area is 106 Å². The maximum Gasteiger partial charge on any atom is 0.141 e. The minimum Gasteiger partial charge on any atom is -0.376 e. The molecule has 18 heavy (non-hydrogen) atoms. The van der Waals surface area contributed by atoms with E-state index in [2.05, 4.69) is 22.3 Å². The maximum absolute atomic E-state index is 13.1. The van der Waals surface area contributed by atoms with Crippen molar-refractivity contribution >= 4 is 5.69 Å². The number of nitrogens with zero attached hydrogens (tertiary/aromatic N) is 3. The van der Waals surface area contributed by atoms with Crippen molar-refractivity contribution in [1.29, 1.82) is 0 Å². The van der Waals surface area contributed by atoms with Gasteiger partial charge in [-0.1, -0.05) is 6.92 Å². The highest BCUT2D eigenvalue weighted by atomic mass is 19.1. The van der Waals surface area contributed by atoms with Gasteiger partial charge in [0, 0.05) is 19.4 Å². The predicted molar refractivity (Wildman–Crippen MR) is 68.8 cm³/mol. The minimum absolute atomic E-state index is 0.0114. The van der Waals surface area contributed by atoms with Crippen LogP contribution in [0.1, 0.15) is 31.1 Å². The molecule has 2 aromatic rings. The molecule has 0 aromatic carbocycles. The Morgan fingerprint density at radius 3 is 2.89 bits per heavy atom. The molecule has 0 amide bonds. The number of aryl methyl sites for hydroxylation is 2. The third-order valence-corrected chi connectivity index (χ3v) is 2.84. The highest BCUT2D eigenvalue weighted by Gasteiger charge is 2.11. The minimum atomic E-state index is -0.317. The lowest BCUT2D eigenvalue weighted by atomic mass is 10.1. The van der Waals surface area contributed by atoms with Crippen LogP contribution in [-0.4, -0.2) is 14.8 Å². The summed E-state index contributed by atoms with van der Waals surface area (Å²) in [7, 11) is 1.89. The molecule has 1 atom stereocenters. The highest BCUT2D eigenvalue weighted by Crippen LogP contribution is 2.21. The van der Waals surface area contributed by atoms with Crippen LogP contribution in [0, 0.1) is 5.82 Å². The first-order valence-electron chi connectivity index (χ1n) is 5.99. The topological polar surface area (TPSA) is 42.7 Å². The second-order valence-electron chi connectivity index (χ2n) is 4.32. The van der Waals surface area contributed by atoms with Gasteiger partial charge >= 0.3 is 0 Å². The van der Waals surface area contributed by atoms with Crippen molar-refractivity contribution < 1.29 is 4.39 Å². The van der Waals surface area contributed by atoms with Gasteiger partial charge in [-0.25, -0.2) is 4.39 Å². The second kappa shape index (κ2) is 5.16. The van der Waals surface area contributed by atoms with E-state index in [1.54, 1.807) is 10.9 Å². The number of rotatable bonds is 4. The zero-order valence-corrected chi connectivity index (χ0v) is 10.8. The number of pyridine rings is 1. The fourth-order valence-electron chi connectivity index (χ4n) is 1.90. The van der Waals surface area contributed by atoms with Gasteiger partial charge in [-0.05, 0) is 25.0 Å². The van der Waals surface area contributed by atoms with Crippen molar-refractivity contribution in [1.82, 2.24) is 14.8 Å². The van der Waals surface area contributed by atoms with E-state index in [0.29, 0.717) is 0 Å². The molecule has 4 nitrogen and oxygen atoms in total. The predicted octanol–water partition coefficient (Wildman–Crippen LogP) is 2.69. The quantitative estimate of drug-likeness (QED) is 0.904. The fourth-order valence-corrected chi connectivity index (χ4v) is 1.90. The summed E-state index contributed by atoms with van der Waals surface area (Å²) in [4.78, 5) is 3.86. The van der Waals surface area contributed by atoms with Gasteiger partial charge in [0.25, 0.3) is 0 Å². The largest absolute Gasteiger partial charge is 0.376 e. The van der Waals surface area contributed by atoms with Gasteiger partial charge in [-0.2, -0.15) is 5.10 Å². The van der Waals surface area contributed by atoms with E-state index in [4.69, 9.17) is 0 Å². The van der Waals surface area contributed by atoms with Gasteiger partial charge in [0.2, 0.25) is 0 Å².